The Hall–Kier alpha value is -3.68. The first-order valence-corrected chi connectivity index (χ1v) is 8.60. The number of nitrogens with one attached hydrogen (secondary N) is 2. The third-order valence-corrected chi connectivity index (χ3v) is 4.29. The van der Waals surface area contributed by atoms with Gasteiger partial charge in [0.1, 0.15) is 17.7 Å². The lowest BCUT2D eigenvalue weighted by Crippen LogP contribution is -2.31. The van der Waals surface area contributed by atoms with E-state index >= 15 is 0 Å². The molecule has 4 N–H and O–H groups in total. The summed E-state index contributed by atoms with van der Waals surface area (Å²) >= 11 is 0. The van der Waals surface area contributed by atoms with Crippen LogP contribution in [0, 0.1) is 5.82 Å². The highest BCUT2D eigenvalue weighted by Crippen LogP contribution is 2.23. The van der Waals surface area contributed by atoms with Gasteiger partial charge in [0, 0.05) is 37.1 Å². The average Bonchev–Trinajstić information content (AvgIpc) is 3.11. The third kappa shape index (κ3) is 4.35. The van der Waals surface area contributed by atoms with Gasteiger partial charge in [0.2, 0.25) is 0 Å². The van der Waals surface area contributed by atoms with Crippen LogP contribution in [0.2, 0.25) is 0 Å². The minimum atomic E-state index is -0.745. The molecule has 8 heteroatoms. The Balaban J connectivity index is 1.83. The molecule has 3 aromatic rings. The summed E-state index contributed by atoms with van der Waals surface area (Å²) in [6.07, 6.45) is 3.33. The van der Waals surface area contributed by atoms with E-state index in [0.29, 0.717) is 17.0 Å². The van der Waals surface area contributed by atoms with Crippen LogP contribution < -0.4 is 16.4 Å². The molecule has 0 aliphatic rings. The molecule has 1 aromatic heterocycles. The highest BCUT2D eigenvalue weighted by molar-refractivity contribution is 5.94. The maximum atomic E-state index is 14.4. The first-order valence-electron chi connectivity index (χ1n) is 8.60. The van der Waals surface area contributed by atoms with E-state index in [1.165, 1.54) is 6.07 Å². The monoisotopic (exact) mass is 381 g/mol. The van der Waals surface area contributed by atoms with Crippen LogP contribution >= 0.6 is 0 Å². The van der Waals surface area contributed by atoms with Gasteiger partial charge in [0.15, 0.2) is 0 Å². The van der Waals surface area contributed by atoms with Gasteiger partial charge >= 0.3 is 6.03 Å². The van der Waals surface area contributed by atoms with E-state index in [9.17, 15) is 14.0 Å². The molecule has 2 aromatic carbocycles. The Morgan fingerprint density at radius 2 is 1.89 bits per heavy atom. The number of amides is 3. The summed E-state index contributed by atoms with van der Waals surface area (Å²) < 4.78 is 16.1. The Kier molecular flexibility index (Phi) is 5.69. The van der Waals surface area contributed by atoms with Crippen LogP contribution in [0.3, 0.4) is 0 Å². The number of halogens is 1. The number of nitrogens with zero attached hydrogens (tertiary/aromatic N) is 2. The molecule has 0 unspecified atom stereocenters. The molecule has 0 saturated carbocycles. The van der Waals surface area contributed by atoms with Gasteiger partial charge in [0.05, 0.1) is 0 Å². The van der Waals surface area contributed by atoms with E-state index in [1.807, 2.05) is 0 Å². The molecule has 7 nitrogen and oxygen atoms in total. The van der Waals surface area contributed by atoms with Crippen LogP contribution in [0.15, 0.2) is 60.9 Å². The zero-order valence-electron chi connectivity index (χ0n) is 15.2. The second-order valence-electron chi connectivity index (χ2n) is 6.24. The van der Waals surface area contributed by atoms with E-state index in [4.69, 9.17) is 5.73 Å². The smallest absolute Gasteiger partial charge is 0.312 e. The van der Waals surface area contributed by atoms with E-state index in [2.05, 4.69) is 15.6 Å². The Bertz CT molecular complexity index is 984. The predicted molar refractivity (Wildman–Crippen MR) is 102 cm³/mol. The van der Waals surface area contributed by atoms with E-state index < -0.39 is 17.9 Å². The lowest BCUT2D eigenvalue weighted by atomic mass is 10.0. The summed E-state index contributed by atoms with van der Waals surface area (Å²) in [5, 5.41) is 5.33. The molecule has 0 aliphatic heterocycles. The number of aromatic nitrogens is 2. The maximum Gasteiger partial charge on any atom is 0.312 e. The van der Waals surface area contributed by atoms with Crippen LogP contribution in [0.1, 0.15) is 33.4 Å². The number of rotatable bonds is 6. The first kappa shape index (κ1) is 19.1. The highest BCUT2D eigenvalue weighted by Gasteiger charge is 2.24. The summed E-state index contributed by atoms with van der Waals surface area (Å²) in [4.78, 5) is 27.8. The lowest BCUT2D eigenvalue weighted by molar-refractivity contribution is 0.0940. The fourth-order valence-electron chi connectivity index (χ4n) is 2.82. The van der Waals surface area contributed by atoms with Gasteiger partial charge < -0.3 is 20.9 Å². The number of carbonyl (C=O) groups is 2. The number of imidazole rings is 1. The molecule has 0 saturated heterocycles. The molecule has 3 rings (SSSR count). The van der Waals surface area contributed by atoms with Crippen molar-refractivity contribution in [1.82, 2.24) is 20.2 Å². The minimum Gasteiger partial charge on any atom is -0.352 e. The summed E-state index contributed by atoms with van der Waals surface area (Å²) in [7, 11) is 1.78. The summed E-state index contributed by atoms with van der Waals surface area (Å²) in [6, 6.07) is 11.6. The van der Waals surface area contributed by atoms with Crippen molar-refractivity contribution in [2.75, 3.05) is 0 Å². The predicted octanol–water partition coefficient (Wildman–Crippen LogP) is 2.25. The normalized spacial score (nSPS) is 11.6. The van der Waals surface area contributed by atoms with Gasteiger partial charge in [0.25, 0.3) is 5.91 Å². The molecule has 144 valence electrons. The van der Waals surface area contributed by atoms with Crippen molar-refractivity contribution in [2.24, 2.45) is 12.8 Å². The highest BCUT2D eigenvalue weighted by atomic mass is 19.1. The van der Waals surface area contributed by atoms with E-state index in [0.717, 1.165) is 5.56 Å². The maximum absolute atomic E-state index is 14.4. The molecular weight excluding hydrogens is 361 g/mol. The third-order valence-electron chi connectivity index (χ3n) is 4.29. The average molecular weight is 381 g/mol. The van der Waals surface area contributed by atoms with E-state index in [-0.39, 0.29) is 12.5 Å². The fraction of sp³-hybridized carbons (Fsp3) is 0.150. The number of urea groups is 1. The van der Waals surface area contributed by atoms with Crippen molar-refractivity contribution in [2.45, 2.75) is 12.6 Å². The van der Waals surface area contributed by atoms with Crippen molar-refractivity contribution in [3.8, 4) is 0 Å². The largest absolute Gasteiger partial charge is 0.352 e. The Morgan fingerprint density at radius 3 is 2.50 bits per heavy atom. The number of carbonyl (C=O) groups excluding carboxylic acids is 2. The zero-order chi connectivity index (χ0) is 20.1. The van der Waals surface area contributed by atoms with E-state index in [1.54, 1.807) is 66.5 Å². The number of benzene rings is 2. The van der Waals surface area contributed by atoms with Crippen molar-refractivity contribution < 1.29 is 14.0 Å². The molecule has 1 atom stereocenters. The van der Waals surface area contributed by atoms with Gasteiger partial charge in [-0.25, -0.2) is 14.2 Å². The first-order chi connectivity index (χ1) is 13.5. The molecule has 0 radical (unpaired) electrons. The standard InChI is InChI=1S/C20H20FN5O2/c1-26-11-10-23-18(26)17(15-4-2-3-5-16(15)21)25-19(27)14-8-6-13(7-9-14)12-24-20(22)28/h2-11,17H,12H2,1H3,(H,25,27)(H3,22,24,28)/t17-/m0/s1. The van der Waals surface area contributed by atoms with Gasteiger partial charge in [-0.1, -0.05) is 30.3 Å². The summed E-state index contributed by atoms with van der Waals surface area (Å²) in [5.74, 6) is -0.282. The summed E-state index contributed by atoms with van der Waals surface area (Å²) in [6.45, 7) is 0.266. The van der Waals surface area contributed by atoms with Crippen molar-refractivity contribution in [3.63, 3.8) is 0 Å². The number of hydrogen-bond donors (Lipinski definition) is 3. The molecule has 3 amide bonds. The molecule has 0 spiro atoms. The fourth-order valence-corrected chi connectivity index (χ4v) is 2.82. The van der Waals surface area contributed by atoms with Crippen molar-refractivity contribution >= 4 is 11.9 Å². The molecular formula is C20H20FN5O2. The molecule has 0 bridgehead atoms. The Morgan fingerprint density at radius 1 is 1.18 bits per heavy atom. The number of hydrogen-bond acceptors (Lipinski definition) is 3. The number of nitrogens with two attached hydrogens (primary N) is 1. The van der Waals surface area contributed by atoms with Crippen molar-refractivity contribution in [1.29, 1.82) is 0 Å². The van der Waals surface area contributed by atoms with Crippen LogP contribution in [0.4, 0.5) is 9.18 Å². The van der Waals surface area contributed by atoms with Crippen LogP contribution in [-0.4, -0.2) is 21.5 Å². The second-order valence-corrected chi connectivity index (χ2v) is 6.24. The SMILES string of the molecule is Cn1ccnc1[C@@H](NC(=O)c1ccc(CNC(N)=O)cc1)c1ccccc1F. The lowest BCUT2D eigenvalue weighted by Gasteiger charge is -2.20. The van der Waals surface area contributed by atoms with Gasteiger partial charge in [-0.15, -0.1) is 0 Å². The molecule has 0 aliphatic carbocycles. The molecule has 0 fully saturated rings. The topological polar surface area (TPSA) is 102 Å². The second kappa shape index (κ2) is 8.34. The number of primary amides is 1. The van der Waals surface area contributed by atoms with Gasteiger partial charge in [-0.2, -0.15) is 0 Å². The Labute approximate surface area is 161 Å². The van der Waals surface area contributed by atoms with Crippen molar-refractivity contribution in [3.05, 3.63) is 89.3 Å². The molecule has 28 heavy (non-hydrogen) atoms. The van der Waals surface area contributed by atoms with Crippen LogP contribution in [0.25, 0.3) is 0 Å². The zero-order valence-corrected chi connectivity index (χ0v) is 15.2. The van der Waals surface area contributed by atoms with Gasteiger partial charge in [-0.05, 0) is 23.8 Å². The summed E-state index contributed by atoms with van der Waals surface area (Å²) in [5.41, 5.74) is 6.57. The van der Waals surface area contributed by atoms with Crippen LogP contribution in [0.5, 0.6) is 0 Å². The van der Waals surface area contributed by atoms with Crippen LogP contribution in [-0.2, 0) is 13.6 Å². The quantitative estimate of drug-likeness (QED) is 0.610. The minimum absolute atomic E-state index is 0.266. The van der Waals surface area contributed by atoms with Gasteiger partial charge in [-0.3, -0.25) is 4.79 Å². The number of aryl methyl sites for hydroxylation is 1. The molecule has 1 heterocycles.